The van der Waals surface area contributed by atoms with Crippen LogP contribution in [0.2, 0.25) is 0 Å². The van der Waals surface area contributed by atoms with E-state index in [4.69, 9.17) is 16.3 Å². The van der Waals surface area contributed by atoms with E-state index in [1.165, 1.54) is 36.4 Å². The summed E-state index contributed by atoms with van der Waals surface area (Å²) in [5.74, 6) is 0.268. The van der Waals surface area contributed by atoms with Crippen LogP contribution >= 0.6 is 11.6 Å². The molecule has 7 heteroatoms. The van der Waals surface area contributed by atoms with Crippen molar-refractivity contribution in [2.24, 2.45) is 0 Å². The lowest BCUT2D eigenvalue weighted by Gasteiger charge is -2.25. The fraction of sp³-hybridized carbons (Fsp3) is 0.235. The molecule has 0 N–H and O–H groups in total. The van der Waals surface area contributed by atoms with Crippen LogP contribution in [0.5, 0.6) is 0 Å². The molecule has 1 aromatic rings. The van der Waals surface area contributed by atoms with Gasteiger partial charge in [0.15, 0.2) is 0 Å². The lowest BCUT2D eigenvalue weighted by Crippen LogP contribution is -2.34. The van der Waals surface area contributed by atoms with Crippen molar-refractivity contribution in [2.45, 2.75) is 12.6 Å². The number of ether oxygens (including phenoxy) is 1. The van der Waals surface area contributed by atoms with E-state index in [2.05, 4.69) is 13.2 Å². The van der Waals surface area contributed by atoms with Crippen LogP contribution < -0.4 is 4.90 Å². The van der Waals surface area contributed by atoms with Crippen molar-refractivity contribution in [1.82, 2.24) is 0 Å². The molecular formula is C17H17ClF3NO2. The van der Waals surface area contributed by atoms with Crippen LogP contribution in [0.4, 0.5) is 23.7 Å². The number of carbonyl (C=O) groups excluding carboxylic acids is 1. The van der Waals surface area contributed by atoms with Crippen molar-refractivity contribution in [3.05, 3.63) is 67.0 Å². The Morgan fingerprint density at radius 1 is 1.29 bits per heavy atom. The summed E-state index contributed by atoms with van der Waals surface area (Å²) >= 11 is 5.61. The smallest absolute Gasteiger partial charge is 0.410 e. The SMILES string of the molecule is C=C/C=C(\C=C)OC(=O)N(CCCCl)c1ccccc1C(F)(F)F. The predicted molar refractivity (Wildman–Crippen MR) is 89.1 cm³/mol. The lowest BCUT2D eigenvalue weighted by atomic mass is 10.1. The van der Waals surface area contributed by atoms with Gasteiger partial charge in [0.2, 0.25) is 0 Å². The quantitative estimate of drug-likeness (QED) is 0.364. The van der Waals surface area contributed by atoms with Gasteiger partial charge in [-0.25, -0.2) is 4.79 Å². The highest BCUT2D eigenvalue weighted by molar-refractivity contribution is 6.17. The second kappa shape index (κ2) is 9.17. The number of hydrogen-bond acceptors (Lipinski definition) is 2. The van der Waals surface area contributed by atoms with Gasteiger partial charge in [-0.3, -0.25) is 4.90 Å². The number of alkyl halides is 4. The van der Waals surface area contributed by atoms with Crippen molar-refractivity contribution >= 4 is 23.4 Å². The monoisotopic (exact) mass is 359 g/mol. The van der Waals surface area contributed by atoms with E-state index in [1.807, 2.05) is 0 Å². The Labute approximate surface area is 143 Å². The van der Waals surface area contributed by atoms with E-state index in [-0.39, 0.29) is 23.9 Å². The van der Waals surface area contributed by atoms with Crippen LogP contribution in [-0.2, 0) is 10.9 Å². The highest BCUT2D eigenvalue weighted by Crippen LogP contribution is 2.36. The standard InChI is InChI=1S/C17H17ClF3NO2/c1-3-8-13(4-2)24-16(23)22(12-7-11-18)15-10-6-5-9-14(15)17(19,20)21/h3-6,8-10H,1-2,7,11-12H2/b13-8+. The molecule has 0 aromatic heterocycles. The zero-order valence-electron chi connectivity index (χ0n) is 12.9. The van der Waals surface area contributed by atoms with E-state index in [0.29, 0.717) is 6.42 Å². The molecule has 1 amide bonds. The molecule has 0 heterocycles. The third-order valence-corrected chi connectivity index (χ3v) is 3.19. The number of allylic oxidation sites excluding steroid dienone is 3. The van der Waals surface area contributed by atoms with Crippen LogP contribution in [0, 0.1) is 0 Å². The minimum Gasteiger partial charge on any atom is -0.410 e. The van der Waals surface area contributed by atoms with Gasteiger partial charge in [0.1, 0.15) is 5.76 Å². The lowest BCUT2D eigenvalue weighted by molar-refractivity contribution is -0.137. The largest absolute Gasteiger partial charge is 0.419 e. The fourth-order valence-electron chi connectivity index (χ4n) is 1.89. The molecule has 0 bridgehead atoms. The zero-order valence-corrected chi connectivity index (χ0v) is 13.6. The predicted octanol–water partition coefficient (Wildman–Crippen LogP) is 5.53. The maximum atomic E-state index is 13.2. The summed E-state index contributed by atoms with van der Waals surface area (Å²) in [6.07, 6.45) is -1.25. The third-order valence-electron chi connectivity index (χ3n) is 2.92. The molecule has 0 aliphatic rings. The van der Waals surface area contributed by atoms with E-state index >= 15 is 0 Å². The molecule has 0 fully saturated rings. The highest BCUT2D eigenvalue weighted by atomic mass is 35.5. The van der Waals surface area contributed by atoms with E-state index in [1.54, 1.807) is 0 Å². The molecule has 24 heavy (non-hydrogen) atoms. The summed E-state index contributed by atoms with van der Waals surface area (Å²) < 4.78 is 44.7. The number of hydrogen-bond donors (Lipinski definition) is 0. The Balaban J connectivity index is 3.23. The molecule has 1 aromatic carbocycles. The summed E-state index contributed by atoms with van der Waals surface area (Å²) in [5.41, 5.74) is -1.22. The summed E-state index contributed by atoms with van der Waals surface area (Å²) in [7, 11) is 0. The van der Waals surface area contributed by atoms with E-state index in [0.717, 1.165) is 11.0 Å². The first-order valence-electron chi connectivity index (χ1n) is 7.01. The van der Waals surface area contributed by atoms with E-state index in [9.17, 15) is 18.0 Å². The molecule has 0 saturated heterocycles. The summed E-state index contributed by atoms with van der Waals surface area (Å²) in [6, 6.07) is 4.79. The van der Waals surface area contributed by atoms with Crippen LogP contribution in [-0.4, -0.2) is 18.5 Å². The first kappa shape index (κ1) is 19.8. The number of halogens is 4. The Hall–Kier alpha value is -2.21. The van der Waals surface area contributed by atoms with Crippen molar-refractivity contribution in [2.75, 3.05) is 17.3 Å². The second-order valence-corrected chi connectivity index (χ2v) is 4.96. The Morgan fingerprint density at radius 2 is 1.96 bits per heavy atom. The van der Waals surface area contributed by atoms with Crippen molar-refractivity contribution < 1.29 is 22.7 Å². The number of nitrogens with zero attached hydrogens (tertiary/aromatic N) is 1. The Kier molecular flexibility index (Phi) is 7.58. The molecule has 0 aliphatic heterocycles. The van der Waals surface area contributed by atoms with Crippen molar-refractivity contribution in [3.8, 4) is 0 Å². The van der Waals surface area contributed by atoms with Gasteiger partial charge in [-0.1, -0.05) is 31.4 Å². The van der Waals surface area contributed by atoms with Crippen LogP contribution in [0.25, 0.3) is 0 Å². The Morgan fingerprint density at radius 3 is 2.50 bits per heavy atom. The molecule has 130 valence electrons. The summed E-state index contributed by atoms with van der Waals surface area (Å²) in [4.78, 5) is 13.3. The minimum atomic E-state index is -4.60. The molecular weight excluding hydrogens is 343 g/mol. The van der Waals surface area contributed by atoms with Gasteiger partial charge in [0.05, 0.1) is 11.3 Å². The van der Waals surface area contributed by atoms with Crippen LogP contribution in [0.1, 0.15) is 12.0 Å². The average Bonchev–Trinajstić information content (AvgIpc) is 2.54. The second-order valence-electron chi connectivity index (χ2n) is 4.59. The number of para-hydroxylation sites is 1. The number of benzene rings is 1. The number of rotatable bonds is 7. The molecule has 0 unspecified atom stereocenters. The topological polar surface area (TPSA) is 29.5 Å². The summed E-state index contributed by atoms with van der Waals surface area (Å²) in [5, 5.41) is 0. The van der Waals surface area contributed by atoms with Gasteiger partial charge in [-0.2, -0.15) is 13.2 Å². The van der Waals surface area contributed by atoms with Gasteiger partial charge < -0.3 is 4.74 Å². The van der Waals surface area contributed by atoms with Gasteiger partial charge in [-0.15, -0.1) is 11.6 Å². The number of carbonyl (C=O) groups is 1. The first-order valence-corrected chi connectivity index (χ1v) is 7.55. The highest BCUT2D eigenvalue weighted by Gasteiger charge is 2.36. The minimum absolute atomic E-state index is 0.0199. The maximum Gasteiger partial charge on any atom is 0.419 e. The number of amides is 1. The van der Waals surface area contributed by atoms with Crippen molar-refractivity contribution in [3.63, 3.8) is 0 Å². The molecule has 0 atom stereocenters. The Bertz CT molecular complexity index is 627. The third kappa shape index (κ3) is 5.45. The van der Waals surface area contributed by atoms with Gasteiger partial charge >= 0.3 is 12.3 Å². The van der Waals surface area contributed by atoms with Gasteiger partial charge in [-0.05, 0) is 30.7 Å². The average molecular weight is 360 g/mol. The summed E-state index contributed by atoms with van der Waals surface area (Å²) in [6.45, 7) is 6.91. The molecule has 0 saturated carbocycles. The van der Waals surface area contributed by atoms with Gasteiger partial charge in [0.25, 0.3) is 0 Å². The zero-order chi connectivity index (χ0) is 18.2. The normalized spacial score (nSPS) is 11.8. The van der Waals surface area contributed by atoms with E-state index < -0.39 is 17.8 Å². The molecule has 3 nitrogen and oxygen atoms in total. The number of anilines is 1. The van der Waals surface area contributed by atoms with Crippen LogP contribution in [0.15, 0.2) is 61.4 Å². The maximum absolute atomic E-state index is 13.2. The van der Waals surface area contributed by atoms with Gasteiger partial charge in [0, 0.05) is 12.4 Å². The molecule has 0 aliphatic carbocycles. The fourth-order valence-corrected chi connectivity index (χ4v) is 2.01. The first-order chi connectivity index (χ1) is 11.3. The van der Waals surface area contributed by atoms with Crippen molar-refractivity contribution in [1.29, 1.82) is 0 Å². The molecule has 1 rings (SSSR count). The molecule has 0 spiro atoms. The van der Waals surface area contributed by atoms with Crippen LogP contribution in [0.3, 0.4) is 0 Å². The molecule has 0 radical (unpaired) electrons.